The zero-order chi connectivity index (χ0) is 11.9. The number of primary amides is 1. The number of halogens is 3. The Kier molecular flexibility index (Phi) is 6.76. The van der Waals surface area contributed by atoms with Gasteiger partial charge in [0.25, 0.3) is 0 Å². The van der Waals surface area contributed by atoms with E-state index in [9.17, 15) is 18.0 Å². The highest BCUT2D eigenvalue weighted by Gasteiger charge is 2.38. The molecule has 0 rings (SSSR count). The van der Waals surface area contributed by atoms with Gasteiger partial charge in [-0.2, -0.15) is 13.2 Å². The van der Waals surface area contributed by atoms with Crippen LogP contribution in [-0.4, -0.2) is 23.2 Å². The molecular weight excluding hydrogens is 203 g/mol. The lowest BCUT2D eigenvalue weighted by atomic mass is 10.1. The number of alkyl halides is 3. The first-order valence-electron chi connectivity index (χ1n) is 3.72. The number of carbonyl (C=O) groups excluding carboxylic acids is 1. The van der Waals surface area contributed by atoms with Crippen molar-refractivity contribution in [3.63, 3.8) is 0 Å². The van der Waals surface area contributed by atoms with Gasteiger partial charge in [-0.3, -0.25) is 4.79 Å². The average Bonchev–Trinajstić information content (AvgIpc) is 2.02. The molecule has 0 aliphatic heterocycles. The van der Waals surface area contributed by atoms with Crippen LogP contribution >= 0.6 is 0 Å². The van der Waals surface area contributed by atoms with E-state index < -0.39 is 12.1 Å². The average molecular weight is 215 g/mol. The van der Waals surface area contributed by atoms with Crippen LogP contribution < -0.4 is 5.73 Å². The lowest BCUT2D eigenvalue weighted by Gasteiger charge is -1.98. The van der Waals surface area contributed by atoms with Crippen molar-refractivity contribution < 1.29 is 27.9 Å². The molecule has 0 aromatic heterocycles. The van der Waals surface area contributed by atoms with Crippen LogP contribution in [0.5, 0.6) is 0 Å². The summed E-state index contributed by atoms with van der Waals surface area (Å²) in [6.45, 7) is 3.76. The van der Waals surface area contributed by atoms with Crippen LogP contribution in [0.1, 0.15) is 20.3 Å². The Hall–Kier alpha value is -1.27. The molecule has 0 heterocycles. The van der Waals surface area contributed by atoms with Crippen LogP contribution in [0.25, 0.3) is 0 Å². The minimum atomic E-state index is -5.08. The topological polar surface area (TPSA) is 80.4 Å². The zero-order valence-electron chi connectivity index (χ0n) is 7.76. The lowest BCUT2D eigenvalue weighted by molar-refractivity contribution is -0.192. The summed E-state index contributed by atoms with van der Waals surface area (Å²) in [5.41, 5.74) is 4.91. The molecule has 3 N–H and O–H groups in total. The predicted octanol–water partition coefficient (Wildman–Crippen LogP) is 1.15. The summed E-state index contributed by atoms with van der Waals surface area (Å²) in [6.07, 6.45) is -4.24. The minimum Gasteiger partial charge on any atom is -0.475 e. The maximum Gasteiger partial charge on any atom is 0.490 e. The van der Waals surface area contributed by atoms with E-state index >= 15 is 0 Å². The van der Waals surface area contributed by atoms with Crippen molar-refractivity contribution in [1.29, 1.82) is 0 Å². The number of nitrogens with two attached hydrogens (primary N) is 1. The van der Waals surface area contributed by atoms with Crippen LogP contribution in [0.4, 0.5) is 13.2 Å². The summed E-state index contributed by atoms with van der Waals surface area (Å²) in [5, 5.41) is 7.12. The Balaban J connectivity index is 0. The van der Waals surface area contributed by atoms with Crippen molar-refractivity contribution in [2.24, 2.45) is 11.7 Å². The molecule has 1 atom stereocenters. The third-order valence-electron chi connectivity index (χ3n) is 1.34. The second-order valence-electron chi connectivity index (χ2n) is 2.51. The molecule has 0 aliphatic rings. The Morgan fingerprint density at radius 1 is 1.43 bits per heavy atom. The van der Waals surface area contributed by atoms with Crippen LogP contribution in [0.15, 0.2) is 0 Å². The third kappa shape index (κ3) is 8.82. The number of aliphatic carboxylic acids is 1. The fourth-order valence-electron chi connectivity index (χ4n) is 0.201. The van der Waals surface area contributed by atoms with Gasteiger partial charge < -0.3 is 10.8 Å². The molecule has 0 radical (unpaired) electrons. The summed E-state index contributed by atoms with van der Waals surface area (Å²) in [4.78, 5) is 19.0. The molecule has 0 fully saturated rings. The summed E-state index contributed by atoms with van der Waals surface area (Å²) >= 11 is 0. The number of amides is 1. The lowest BCUT2D eigenvalue weighted by Crippen LogP contribution is -2.21. The van der Waals surface area contributed by atoms with E-state index in [0.717, 1.165) is 6.42 Å². The number of carboxylic acid groups (broad SMARTS) is 1. The number of hydrogen-bond donors (Lipinski definition) is 2. The summed E-state index contributed by atoms with van der Waals surface area (Å²) in [5.74, 6) is -2.92. The second kappa shape index (κ2) is 6.22. The van der Waals surface area contributed by atoms with Crippen LogP contribution in [-0.2, 0) is 9.59 Å². The van der Waals surface area contributed by atoms with Gasteiger partial charge in [-0.15, -0.1) is 0 Å². The Morgan fingerprint density at radius 3 is 1.71 bits per heavy atom. The molecule has 7 heteroatoms. The quantitative estimate of drug-likeness (QED) is 0.725. The number of rotatable bonds is 2. The molecule has 1 unspecified atom stereocenters. The minimum absolute atomic E-state index is 0.0417. The smallest absolute Gasteiger partial charge is 0.475 e. The SMILES string of the molecule is CCC(C)C(N)=O.O=C(O)C(F)(F)F. The molecule has 0 bridgehead atoms. The zero-order valence-corrected chi connectivity index (χ0v) is 7.76. The molecule has 0 spiro atoms. The molecule has 14 heavy (non-hydrogen) atoms. The second-order valence-corrected chi connectivity index (χ2v) is 2.51. The maximum atomic E-state index is 10.6. The molecular formula is C7H12F3NO3. The van der Waals surface area contributed by atoms with Crippen LogP contribution in [0.2, 0.25) is 0 Å². The molecule has 84 valence electrons. The molecule has 0 aromatic carbocycles. The van der Waals surface area contributed by atoms with Crippen LogP contribution in [0, 0.1) is 5.92 Å². The van der Waals surface area contributed by atoms with Crippen molar-refractivity contribution in [2.45, 2.75) is 26.4 Å². The predicted molar refractivity (Wildman–Crippen MR) is 42.3 cm³/mol. The van der Waals surface area contributed by atoms with Gasteiger partial charge in [0.1, 0.15) is 0 Å². The first kappa shape index (κ1) is 15.2. The van der Waals surface area contributed by atoms with E-state index in [1.165, 1.54) is 0 Å². The Morgan fingerprint density at radius 2 is 1.71 bits per heavy atom. The van der Waals surface area contributed by atoms with Crippen LogP contribution in [0.3, 0.4) is 0 Å². The standard InChI is InChI=1S/C5H11NO.C2HF3O2/c1-3-4(2)5(6)7;3-2(4,5)1(6)7/h4H,3H2,1-2H3,(H2,6,7);(H,6,7). The number of carboxylic acids is 1. The van der Waals surface area contributed by atoms with Crippen molar-refractivity contribution >= 4 is 11.9 Å². The largest absolute Gasteiger partial charge is 0.490 e. The van der Waals surface area contributed by atoms with E-state index in [2.05, 4.69) is 0 Å². The first-order valence-corrected chi connectivity index (χ1v) is 3.72. The Labute approximate surface area is 78.9 Å². The highest BCUT2D eigenvalue weighted by atomic mass is 19.4. The fourth-order valence-corrected chi connectivity index (χ4v) is 0.201. The Bertz CT molecular complexity index is 203. The molecule has 0 saturated heterocycles. The normalized spacial score (nSPS) is 12.4. The highest BCUT2D eigenvalue weighted by Crippen LogP contribution is 2.13. The fraction of sp³-hybridized carbons (Fsp3) is 0.714. The first-order chi connectivity index (χ1) is 6.12. The van der Waals surface area contributed by atoms with Gasteiger partial charge >= 0.3 is 12.1 Å². The highest BCUT2D eigenvalue weighted by molar-refractivity contribution is 5.76. The number of carbonyl (C=O) groups is 2. The van der Waals surface area contributed by atoms with E-state index in [1.807, 2.05) is 13.8 Å². The van der Waals surface area contributed by atoms with Gasteiger partial charge in [-0.05, 0) is 6.42 Å². The van der Waals surface area contributed by atoms with Crippen molar-refractivity contribution in [2.75, 3.05) is 0 Å². The van der Waals surface area contributed by atoms with Gasteiger partial charge in [-0.25, -0.2) is 4.79 Å². The van der Waals surface area contributed by atoms with E-state index in [-0.39, 0.29) is 11.8 Å². The van der Waals surface area contributed by atoms with Crippen molar-refractivity contribution in [3.8, 4) is 0 Å². The van der Waals surface area contributed by atoms with E-state index in [0.29, 0.717) is 0 Å². The summed E-state index contributed by atoms with van der Waals surface area (Å²) < 4.78 is 31.7. The van der Waals surface area contributed by atoms with Gasteiger partial charge in [0.15, 0.2) is 0 Å². The van der Waals surface area contributed by atoms with E-state index in [1.54, 1.807) is 0 Å². The molecule has 0 saturated carbocycles. The van der Waals surface area contributed by atoms with Gasteiger partial charge in [-0.1, -0.05) is 13.8 Å². The van der Waals surface area contributed by atoms with Gasteiger partial charge in [0, 0.05) is 5.92 Å². The summed E-state index contributed by atoms with van der Waals surface area (Å²) in [6, 6.07) is 0. The van der Waals surface area contributed by atoms with Gasteiger partial charge in [0.2, 0.25) is 5.91 Å². The molecule has 4 nitrogen and oxygen atoms in total. The maximum absolute atomic E-state index is 10.6. The third-order valence-corrected chi connectivity index (χ3v) is 1.34. The molecule has 1 amide bonds. The summed E-state index contributed by atoms with van der Waals surface area (Å²) in [7, 11) is 0. The molecule has 0 aliphatic carbocycles. The van der Waals surface area contributed by atoms with Crippen molar-refractivity contribution in [3.05, 3.63) is 0 Å². The van der Waals surface area contributed by atoms with Crippen molar-refractivity contribution in [1.82, 2.24) is 0 Å². The monoisotopic (exact) mass is 215 g/mol. The number of hydrogen-bond acceptors (Lipinski definition) is 2. The molecule has 0 aromatic rings. The van der Waals surface area contributed by atoms with E-state index in [4.69, 9.17) is 15.6 Å². The van der Waals surface area contributed by atoms with Gasteiger partial charge in [0.05, 0.1) is 0 Å².